The molecule has 1 saturated heterocycles. The molecule has 3 rings (SSSR count). The van der Waals surface area contributed by atoms with Crippen LogP contribution in [0.2, 0.25) is 0 Å². The van der Waals surface area contributed by atoms with Gasteiger partial charge in [-0.05, 0) is 36.1 Å². The highest BCUT2D eigenvalue weighted by atomic mass is 32.2. The van der Waals surface area contributed by atoms with Gasteiger partial charge in [0.15, 0.2) is 0 Å². The average Bonchev–Trinajstić information content (AvgIpc) is 3.05. The molecule has 7 nitrogen and oxygen atoms in total. The van der Waals surface area contributed by atoms with Gasteiger partial charge < -0.3 is 14.4 Å². The predicted molar refractivity (Wildman–Crippen MR) is 82.5 cm³/mol. The molecule has 0 aromatic heterocycles. The van der Waals surface area contributed by atoms with E-state index in [9.17, 15) is 13.2 Å². The molecule has 1 atom stereocenters. The largest absolute Gasteiger partial charge is 0.453 e. The monoisotopic (exact) mass is 340 g/mol. The lowest BCUT2D eigenvalue weighted by atomic mass is 10.0. The summed E-state index contributed by atoms with van der Waals surface area (Å²) in [5.41, 5.74) is 1.90. The zero-order chi connectivity index (χ0) is 16.4. The van der Waals surface area contributed by atoms with Crippen LogP contribution in [-0.2, 0) is 32.5 Å². The zero-order valence-corrected chi connectivity index (χ0v) is 13.8. The maximum Gasteiger partial charge on any atom is 0.409 e. The molecule has 2 heterocycles. The Morgan fingerprint density at radius 1 is 1.39 bits per heavy atom. The summed E-state index contributed by atoms with van der Waals surface area (Å²) < 4.78 is 37.5. The minimum atomic E-state index is -3.55. The topological polar surface area (TPSA) is 84.9 Å². The standard InChI is InChI=1S/C15H20N2O5S/c1-21-15(18)17-6-4-11-8-14(3-2-12(11)9-17)23(19,20)16-13-5-7-22-10-13/h2-3,8,13,16H,4-7,9-10H2,1H3. The second kappa shape index (κ2) is 6.46. The van der Waals surface area contributed by atoms with E-state index in [0.717, 1.165) is 11.1 Å². The van der Waals surface area contributed by atoms with E-state index in [1.807, 2.05) is 0 Å². The normalized spacial score (nSPS) is 21.1. The summed E-state index contributed by atoms with van der Waals surface area (Å²) in [6.45, 7) is 1.96. The molecule has 1 aromatic carbocycles. The van der Waals surface area contributed by atoms with Crippen molar-refractivity contribution in [2.24, 2.45) is 0 Å². The lowest BCUT2D eigenvalue weighted by Gasteiger charge is -2.28. The van der Waals surface area contributed by atoms with E-state index in [1.165, 1.54) is 7.11 Å². The number of rotatable bonds is 3. The van der Waals surface area contributed by atoms with Crippen LogP contribution in [0.1, 0.15) is 17.5 Å². The minimum absolute atomic E-state index is 0.161. The summed E-state index contributed by atoms with van der Waals surface area (Å²) in [4.78, 5) is 13.4. The van der Waals surface area contributed by atoms with Crippen molar-refractivity contribution in [1.82, 2.24) is 9.62 Å². The third-order valence-corrected chi connectivity index (χ3v) is 5.70. The summed E-state index contributed by atoms with van der Waals surface area (Å²) in [7, 11) is -2.19. The van der Waals surface area contributed by atoms with Crippen molar-refractivity contribution in [3.63, 3.8) is 0 Å². The minimum Gasteiger partial charge on any atom is -0.453 e. The summed E-state index contributed by atoms with van der Waals surface area (Å²) in [5, 5.41) is 0. The first-order valence-corrected chi connectivity index (χ1v) is 9.02. The molecule has 1 N–H and O–H groups in total. The number of nitrogens with zero attached hydrogens (tertiary/aromatic N) is 1. The number of sulfonamides is 1. The number of benzene rings is 1. The van der Waals surface area contributed by atoms with Crippen LogP contribution < -0.4 is 4.72 Å². The van der Waals surface area contributed by atoms with Gasteiger partial charge in [0, 0.05) is 25.7 Å². The number of nitrogens with one attached hydrogen (secondary N) is 1. The van der Waals surface area contributed by atoms with Gasteiger partial charge in [0.05, 0.1) is 18.6 Å². The van der Waals surface area contributed by atoms with Crippen molar-refractivity contribution in [3.8, 4) is 0 Å². The maximum absolute atomic E-state index is 12.4. The molecular formula is C15H20N2O5S. The molecule has 1 amide bonds. The van der Waals surface area contributed by atoms with E-state index < -0.39 is 10.0 Å². The second-order valence-electron chi connectivity index (χ2n) is 5.75. The third-order valence-electron chi connectivity index (χ3n) is 4.18. The van der Waals surface area contributed by atoms with E-state index in [1.54, 1.807) is 23.1 Å². The Labute approximate surface area is 135 Å². The number of hydrogen-bond acceptors (Lipinski definition) is 5. The predicted octanol–water partition coefficient (Wildman–Crippen LogP) is 0.878. The molecule has 1 unspecified atom stereocenters. The molecule has 0 spiro atoms. The molecule has 2 aliphatic heterocycles. The highest BCUT2D eigenvalue weighted by molar-refractivity contribution is 7.89. The van der Waals surface area contributed by atoms with Crippen LogP contribution in [0.5, 0.6) is 0 Å². The van der Waals surface area contributed by atoms with Crippen LogP contribution >= 0.6 is 0 Å². The summed E-state index contributed by atoms with van der Waals surface area (Å²) >= 11 is 0. The summed E-state index contributed by atoms with van der Waals surface area (Å²) in [5.74, 6) is 0. The van der Waals surface area contributed by atoms with Gasteiger partial charge in [0.25, 0.3) is 0 Å². The Morgan fingerprint density at radius 3 is 2.91 bits per heavy atom. The van der Waals surface area contributed by atoms with Crippen molar-refractivity contribution < 1.29 is 22.7 Å². The lowest BCUT2D eigenvalue weighted by molar-refractivity contribution is 0.118. The highest BCUT2D eigenvalue weighted by Crippen LogP contribution is 2.23. The Kier molecular flexibility index (Phi) is 4.56. The second-order valence-corrected chi connectivity index (χ2v) is 7.47. The Balaban J connectivity index is 1.77. The number of amides is 1. The SMILES string of the molecule is COC(=O)N1CCc2cc(S(=O)(=O)NC3CCOC3)ccc2C1. The van der Waals surface area contributed by atoms with Crippen LogP contribution in [0.3, 0.4) is 0 Å². The van der Waals surface area contributed by atoms with Gasteiger partial charge in [-0.2, -0.15) is 0 Å². The number of ether oxygens (including phenoxy) is 2. The first kappa shape index (κ1) is 16.2. The first-order valence-electron chi connectivity index (χ1n) is 7.54. The summed E-state index contributed by atoms with van der Waals surface area (Å²) in [6.07, 6.45) is 0.939. The van der Waals surface area contributed by atoms with Crippen molar-refractivity contribution >= 4 is 16.1 Å². The van der Waals surface area contributed by atoms with Crippen LogP contribution in [-0.4, -0.2) is 52.3 Å². The van der Waals surface area contributed by atoms with E-state index in [0.29, 0.717) is 39.1 Å². The molecular weight excluding hydrogens is 320 g/mol. The van der Waals surface area contributed by atoms with Crippen LogP contribution in [0, 0.1) is 0 Å². The average molecular weight is 340 g/mol. The van der Waals surface area contributed by atoms with Gasteiger partial charge in [-0.3, -0.25) is 0 Å². The third kappa shape index (κ3) is 3.49. The fraction of sp³-hybridized carbons (Fsp3) is 0.533. The molecule has 126 valence electrons. The van der Waals surface area contributed by atoms with E-state index in [-0.39, 0.29) is 17.0 Å². The van der Waals surface area contributed by atoms with E-state index in [2.05, 4.69) is 4.72 Å². The van der Waals surface area contributed by atoms with Gasteiger partial charge in [0.2, 0.25) is 10.0 Å². The van der Waals surface area contributed by atoms with Crippen molar-refractivity contribution in [2.45, 2.75) is 30.3 Å². The number of fused-ring (bicyclic) bond motifs is 1. The van der Waals surface area contributed by atoms with Crippen molar-refractivity contribution in [3.05, 3.63) is 29.3 Å². The van der Waals surface area contributed by atoms with Crippen molar-refractivity contribution in [2.75, 3.05) is 26.9 Å². The molecule has 1 aromatic rings. The molecule has 1 fully saturated rings. The highest BCUT2D eigenvalue weighted by Gasteiger charge is 2.26. The van der Waals surface area contributed by atoms with Gasteiger partial charge in [-0.15, -0.1) is 0 Å². The lowest BCUT2D eigenvalue weighted by Crippen LogP contribution is -2.37. The van der Waals surface area contributed by atoms with Crippen molar-refractivity contribution in [1.29, 1.82) is 0 Å². The van der Waals surface area contributed by atoms with Crippen LogP contribution in [0.15, 0.2) is 23.1 Å². The van der Waals surface area contributed by atoms with E-state index >= 15 is 0 Å². The molecule has 2 aliphatic rings. The Morgan fingerprint density at radius 2 is 2.22 bits per heavy atom. The number of carbonyl (C=O) groups excluding carboxylic acids is 1. The van der Waals surface area contributed by atoms with Gasteiger partial charge >= 0.3 is 6.09 Å². The molecule has 8 heteroatoms. The van der Waals surface area contributed by atoms with Crippen LogP contribution in [0.4, 0.5) is 4.79 Å². The number of methoxy groups -OCH3 is 1. The smallest absolute Gasteiger partial charge is 0.409 e. The molecule has 0 aliphatic carbocycles. The fourth-order valence-corrected chi connectivity index (χ4v) is 4.20. The van der Waals surface area contributed by atoms with Gasteiger partial charge in [-0.1, -0.05) is 6.07 Å². The molecule has 0 radical (unpaired) electrons. The van der Waals surface area contributed by atoms with E-state index in [4.69, 9.17) is 9.47 Å². The fourth-order valence-electron chi connectivity index (χ4n) is 2.90. The van der Waals surface area contributed by atoms with Crippen LogP contribution in [0.25, 0.3) is 0 Å². The first-order chi connectivity index (χ1) is 11.0. The summed E-state index contributed by atoms with van der Waals surface area (Å²) in [6, 6.07) is 4.88. The van der Waals surface area contributed by atoms with Gasteiger partial charge in [0.1, 0.15) is 0 Å². The number of hydrogen-bond donors (Lipinski definition) is 1. The molecule has 0 bridgehead atoms. The molecule has 0 saturated carbocycles. The maximum atomic E-state index is 12.4. The number of carbonyl (C=O) groups is 1. The Hall–Kier alpha value is -1.64. The molecule has 23 heavy (non-hydrogen) atoms. The Bertz CT molecular complexity index is 698. The van der Waals surface area contributed by atoms with Gasteiger partial charge in [-0.25, -0.2) is 17.9 Å². The quantitative estimate of drug-likeness (QED) is 0.883. The zero-order valence-electron chi connectivity index (χ0n) is 12.9.